The minimum atomic E-state index is -0.535. The quantitative estimate of drug-likeness (QED) is 0.520. The van der Waals surface area contributed by atoms with Gasteiger partial charge in [-0.2, -0.15) is 0 Å². The molecule has 1 saturated heterocycles. The van der Waals surface area contributed by atoms with Gasteiger partial charge in [0.2, 0.25) is 0 Å². The highest BCUT2D eigenvalue weighted by atomic mass is 16.5. The molecule has 1 aliphatic rings. The van der Waals surface area contributed by atoms with Gasteiger partial charge in [-0.05, 0) is 18.2 Å². The Balaban J connectivity index is 1.39. The summed E-state index contributed by atoms with van der Waals surface area (Å²) in [5.74, 6) is 0.167. The number of carbonyl (C=O) groups excluding carboxylic acids is 1. The number of aliphatic hydroxyl groups excluding tert-OH is 1. The number of benzene rings is 2. The number of nitrogens with one attached hydrogen (secondary N) is 2. The Kier molecular flexibility index (Phi) is 7.42. The Hall–Kier alpha value is -2.41. The van der Waals surface area contributed by atoms with E-state index in [1.54, 1.807) is 29.2 Å². The van der Waals surface area contributed by atoms with Crippen LogP contribution >= 0.6 is 0 Å². The maximum Gasteiger partial charge on any atom is 0.337 e. The minimum absolute atomic E-state index is 0.217. The molecule has 2 aromatic rings. The molecule has 0 amide bonds. The molecule has 3 rings (SSSR count). The molecular weight excluding hydrogens is 356 g/mol. The molecule has 150 valence electrons. The van der Waals surface area contributed by atoms with E-state index in [1.807, 2.05) is 0 Å². The summed E-state index contributed by atoms with van der Waals surface area (Å²) >= 11 is 0. The van der Waals surface area contributed by atoms with E-state index in [9.17, 15) is 9.90 Å². The van der Waals surface area contributed by atoms with Gasteiger partial charge in [-0.1, -0.05) is 36.4 Å². The van der Waals surface area contributed by atoms with Crippen molar-refractivity contribution in [2.24, 2.45) is 0 Å². The second kappa shape index (κ2) is 10.2. The number of aliphatic hydroxyl groups is 1. The van der Waals surface area contributed by atoms with E-state index in [2.05, 4.69) is 30.3 Å². The van der Waals surface area contributed by atoms with Crippen LogP contribution in [-0.4, -0.2) is 63.6 Å². The lowest BCUT2D eigenvalue weighted by Crippen LogP contribution is -3.28. The molecule has 1 atom stereocenters. The fourth-order valence-corrected chi connectivity index (χ4v) is 3.64. The highest BCUT2D eigenvalue weighted by Crippen LogP contribution is 2.14. The third-order valence-electron chi connectivity index (χ3n) is 5.18. The molecule has 1 fully saturated rings. The van der Waals surface area contributed by atoms with E-state index in [-0.39, 0.29) is 6.61 Å². The van der Waals surface area contributed by atoms with Gasteiger partial charge >= 0.3 is 5.97 Å². The summed E-state index contributed by atoms with van der Waals surface area (Å²) in [7, 11) is 1.35. The minimum Gasteiger partial charge on any atom is -0.491 e. The molecule has 0 radical (unpaired) electrons. The molecule has 0 aromatic heterocycles. The first-order valence-corrected chi connectivity index (χ1v) is 9.84. The van der Waals surface area contributed by atoms with Gasteiger partial charge in [0.25, 0.3) is 0 Å². The van der Waals surface area contributed by atoms with Crippen molar-refractivity contribution in [3.8, 4) is 5.75 Å². The van der Waals surface area contributed by atoms with Crippen molar-refractivity contribution in [1.29, 1.82) is 0 Å². The molecule has 6 nitrogen and oxygen atoms in total. The zero-order chi connectivity index (χ0) is 19.8. The summed E-state index contributed by atoms with van der Waals surface area (Å²) in [6.07, 6.45) is -0.535. The van der Waals surface area contributed by atoms with Gasteiger partial charge in [0, 0.05) is 5.56 Å². The second-order valence-corrected chi connectivity index (χ2v) is 7.35. The van der Waals surface area contributed by atoms with Crippen molar-refractivity contribution in [1.82, 2.24) is 0 Å². The standard InChI is InChI=1S/C22H28N2O4/c1-27-22(26)19-8-5-9-21(14-19)28-17-20(25)16-24-12-10-23(11-13-24)15-18-6-3-2-4-7-18/h2-9,14,20,25H,10-13,15-17H2,1H3/p+2/t20-/m1/s1. The Morgan fingerprint density at radius 3 is 2.46 bits per heavy atom. The molecule has 0 bridgehead atoms. The fraction of sp³-hybridized carbons (Fsp3) is 0.409. The first-order valence-electron chi connectivity index (χ1n) is 9.84. The Morgan fingerprint density at radius 2 is 1.75 bits per heavy atom. The first-order chi connectivity index (χ1) is 13.6. The third kappa shape index (κ3) is 6.05. The van der Waals surface area contributed by atoms with Gasteiger partial charge in [0.1, 0.15) is 57.7 Å². The SMILES string of the molecule is COC(=O)c1cccc(OC[C@H](O)C[NH+]2CC[NH+](Cc3ccccc3)CC2)c1. The summed E-state index contributed by atoms with van der Waals surface area (Å²) < 4.78 is 10.4. The highest BCUT2D eigenvalue weighted by Gasteiger charge is 2.25. The summed E-state index contributed by atoms with van der Waals surface area (Å²) in [6, 6.07) is 17.4. The third-order valence-corrected chi connectivity index (χ3v) is 5.18. The number of quaternary nitrogens is 2. The monoisotopic (exact) mass is 386 g/mol. The Bertz CT molecular complexity index is 745. The predicted molar refractivity (Wildman–Crippen MR) is 106 cm³/mol. The van der Waals surface area contributed by atoms with Crippen molar-refractivity contribution < 1.29 is 29.2 Å². The Morgan fingerprint density at radius 1 is 1.04 bits per heavy atom. The smallest absolute Gasteiger partial charge is 0.337 e. The first kappa shape index (κ1) is 20.3. The molecule has 2 aromatic carbocycles. The Labute approximate surface area is 166 Å². The number of hydrogen-bond acceptors (Lipinski definition) is 4. The molecule has 0 saturated carbocycles. The summed E-state index contributed by atoms with van der Waals surface area (Å²) in [4.78, 5) is 14.6. The van der Waals surface area contributed by atoms with Gasteiger partial charge in [-0.15, -0.1) is 0 Å². The topological polar surface area (TPSA) is 64.6 Å². The van der Waals surface area contributed by atoms with E-state index in [4.69, 9.17) is 9.47 Å². The fourth-order valence-electron chi connectivity index (χ4n) is 3.64. The van der Waals surface area contributed by atoms with Gasteiger partial charge < -0.3 is 24.4 Å². The highest BCUT2D eigenvalue weighted by molar-refractivity contribution is 5.89. The van der Waals surface area contributed by atoms with E-state index in [0.29, 0.717) is 17.9 Å². The molecule has 0 aliphatic carbocycles. The van der Waals surface area contributed by atoms with Crippen LogP contribution in [0.1, 0.15) is 15.9 Å². The maximum atomic E-state index is 11.6. The number of methoxy groups -OCH3 is 1. The lowest BCUT2D eigenvalue weighted by atomic mass is 10.2. The number of esters is 1. The lowest BCUT2D eigenvalue weighted by molar-refractivity contribution is -1.02. The average Bonchev–Trinajstić information content (AvgIpc) is 2.74. The van der Waals surface area contributed by atoms with Crippen LogP contribution in [0.3, 0.4) is 0 Å². The zero-order valence-electron chi connectivity index (χ0n) is 16.4. The molecule has 3 N–H and O–H groups in total. The van der Waals surface area contributed by atoms with E-state index in [1.165, 1.54) is 17.6 Å². The normalized spacial score (nSPS) is 20.4. The number of piperazine rings is 1. The van der Waals surface area contributed by atoms with Crippen LogP contribution in [0.15, 0.2) is 54.6 Å². The van der Waals surface area contributed by atoms with Gasteiger partial charge in [0.15, 0.2) is 0 Å². The van der Waals surface area contributed by atoms with Crippen molar-refractivity contribution in [2.75, 3.05) is 46.4 Å². The summed E-state index contributed by atoms with van der Waals surface area (Å²) in [6.45, 7) is 6.28. The molecule has 6 heteroatoms. The number of ether oxygens (including phenoxy) is 2. The number of rotatable bonds is 8. The average molecular weight is 386 g/mol. The lowest BCUT2D eigenvalue weighted by Gasteiger charge is -2.30. The maximum absolute atomic E-state index is 11.6. The van der Waals surface area contributed by atoms with Crippen LogP contribution in [-0.2, 0) is 11.3 Å². The van der Waals surface area contributed by atoms with Crippen LogP contribution in [0, 0.1) is 0 Å². The van der Waals surface area contributed by atoms with Gasteiger partial charge in [-0.3, -0.25) is 0 Å². The van der Waals surface area contributed by atoms with E-state index in [0.717, 1.165) is 32.7 Å². The summed E-state index contributed by atoms with van der Waals surface area (Å²) in [5.41, 5.74) is 1.82. The van der Waals surface area contributed by atoms with Crippen LogP contribution in [0.4, 0.5) is 0 Å². The van der Waals surface area contributed by atoms with Crippen LogP contribution in [0.2, 0.25) is 0 Å². The van der Waals surface area contributed by atoms with E-state index >= 15 is 0 Å². The molecule has 28 heavy (non-hydrogen) atoms. The van der Waals surface area contributed by atoms with Crippen LogP contribution in [0.25, 0.3) is 0 Å². The number of hydrogen-bond donors (Lipinski definition) is 3. The number of carbonyl (C=O) groups is 1. The molecule has 1 heterocycles. The van der Waals surface area contributed by atoms with E-state index < -0.39 is 12.1 Å². The molecule has 0 unspecified atom stereocenters. The predicted octanol–water partition coefficient (Wildman–Crippen LogP) is -0.803. The summed E-state index contributed by atoms with van der Waals surface area (Å²) in [5, 5.41) is 10.3. The van der Waals surface area contributed by atoms with Gasteiger partial charge in [-0.25, -0.2) is 4.79 Å². The molecule has 1 aliphatic heterocycles. The zero-order valence-corrected chi connectivity index (χ0v) is 16.4. The van der Waals surface area contributed by atoms with Gasteiger partial charge in [0.05, 0.1) is 12.7 Å². The van der Waals surface area contributed by atoms with Crippen LogP contribution < -0.4 is 14.5 Å². The van der Waals surface area contributed by atoms with Crippen molar-refractivity contribution in [2.45, 2.75) is 12.6 Å². The van der Waals surface area contributed by atoms with Crippen molar-refractivity contribution >= 4 is 5.97 Å². The van der Waals surface area contributed by atoms with Crippen LogP contribution in [0.5, 0.6) is 5.75 Å². The second-order valence-electron chi connectivity index (χ2n) is 7.35. The van der Waals surface area contributed by atoms with Crippen molar-refractivity contribution in [3.05, 3.63) is 65.7 Å². The van der Waals surface area contributed by atoms with Crippen molar-refractivity contribution in [3.63, 3.8) is 0 Å². The molecule has 0 spiro atoms. The largest absolute Gasteiger partial charge is 0.491 e. The molecular formula is C22H30N2O4+2.